The molecule has 2 N–H and O–H groups in total. The maximum Gasteiger partial charge on any atom is 0.405 e. The van der Waals surface area contributed by atoms with Gasteiger partial charge in [-0.15, -0.1) is 11.8 Å². The third kappa shape index (κ3) is 6.83. The summed E-state index contributed by atoms with van der Waals surface area (Å²) in [5.41, 5.74) is 0. The van der Waals surface area contributed by atoms with Crippen molar-refractivity contribution < 1.29 is 22.4 Å². The highest BCUT2D eigenvalue weighted by atomic mass is 32.2. The molecule has 1 saturated heterocycles. The molecule has 25 heavy (non-hydrogen) atoms. The van der Waals surface area contributed by atoms with E-state index < -0.39 is 24.7 Å². The lowest BCUT2D eigenvalue weighted by Gasteiger charge is -2.35. The van der Waals surface area contributed by atoms with Gasteiger partial charge in [0.05, 0.1) is 0 Å². The molecule has 0 aliphatic carbocycles. The number of hydrogen-bond acceptors (Lipinski definition) is 4. The molecule has 0 spiro atoms. The van der Waals surface area contributed by atoms with Gasteiger partial charge in [0.15, 0.2) is 0 Å². The van der Waals surface area contributed by atoms with Crippen molar-refractivity contribution in [1.82, 2.24) is 15.5 Å². The Kier molecular flexibility index (Phi) is 7.52. The van der Waals surface area contributed by atoms with Crippen LogP contribution in [0.3, 0.4) is 0 Å². The van der Waals surface area contributed by atoms with Gasteiger partial charge in [-0.25, -0.2) is 4.39 Å². The van der Waals surface area contributed by atoms with Crippen molar-refractivity contribution in [3.63, 3.8) is 0 Å². The van der Waals surface area contributed by atoms with Crippen molar-refractivity contribution in [3.8, 4) is 0 Å². The lowest BCUT2D eigenvalue weighted by Crippen LogP contribution is -2.57. The number of alkyl halides is 3. The van der Waals surface area contributed by atoms with E-state index in [9.17, 15) is 22.4 Å². The second-order valence-corrected chi connectivity index (χ2v) is 6.87. The number of halogens is 4. The molecule has 1 unspecified atom stereocenters. The largest absolute Gasteiger partial charge is 0.405 e. The molecule has 1 fully saturated rings. The summed E-state index contributed by atoms with van der Waals surface area (Å²) < 4.78 is 52.4. The fraction of sp³-hybridized carbons (Fsp3) is 0.562. The van der Waals surface area contributed by atoms with E-state index in [1.807, 2.05) is 0 Å². The topological polar surface area (TPSA) is 44.4 Å². The first-order chi connectivity index (χ1) is 11.9. The molecule has 1 aromatic rings. The van der Waals surface area contributed by atoms with Crippen LogP contribution in [0.1, 0.15) is 6.42 Å². The molecule has 0 radical (unpaired) electrons. The van der Waals surface area contributed by atoms with E-state index in [-0.39, 0.29) is 12.2 Å². The van der Waals surface area contributed by atoms with Gasteiger partial charge in [-0.3, -0.25) is 9.69 Å². The number of nitrogens with one attached hydrogen (secondary N) is 2. The Labute approximate surface area is 148 Å². The van der Waals surface area contributed by atoms with Gasteiger partial charge < -0.3 is 10.6 Å². The van der Waals surface area contributed by atoms with Crippen LogP contribution < -0.4 is 10.6 Å². The van der Waals surface area contributed by atoms with Crippen molar-refractivity contribution in [2.24, 2.45) is 0 Å². The van der Waals surface area contributed by atoms with E-state index >= 15 is 0 Å². The van der Waals surface area contributed by atoms with Gasteiger partial charge in [0.25, 0.3) is 0 Å². The molecule has 9 heteroatoms. The molecule has 1 aliphatic heterocycles. The van der Waals surface area contributed by atoms with Crippen LogP contribution in [-0.4, -0.2) is 61.5 Å². The summed E-state index contributed by atoms with van der Waals surface area (Å²) in [7, 11) is 0. The molecule has 0 bridgehead atoms. The third-order valence-corrected chi connectivity index (χ3v) is 4.89. The lowest BCUT2D eigenvalue weighted by molar-refractivity contribution is -0.184. The Hall–Kier alpha value is -1.32. The molecule has 0 saturated carbocycles. The number of benzene rings is 1. The second kappa shape index (κ2) is 9.40. The minimum absolute atomic E-state index is 0.105. The van der Waals surface area contributed by atoms with E-state index in [1.54, 1.807) is 12.1 Å². The molecule has 4 nitrogen and oxygen atoms in total. The second-order valence-electron chi connectivity index (χ2n) is 5.70. The zero-order valence-electron chi connectivity index (χ0n) is 13.6. The van der Waals surface area contributed by atoms with Crippen LogP contribution in [0.15, 0.2) is 29.2 Å². The molecule has 1 aromatic carbocycles. The van der Waals surface area contributed by atoms with Crippen LogP contribution in [0.25, 0.3) is 0 Å². The highest BCUT2D eigenvalue weighted by Crippen LogP contribution is 2.25. The maximum atomic E-state index is 13.2. The van der Waals surface area contributed by atoms with Gasteiger partial charge >= 0.3 is 6.18 Å². The number of carbonyl (C=O) groups is 1. The van der Waals surface area contributed by atoms with Crippen molar-refractivity contribution in [2.45, 2.75) is 23.5 Å². The smallest absolute Gasteiger partial charge is 0.354 e. The molecular weight excluding hydrogens is 358 g/mol. The lowest BCUT2D eigenvalue weighted by atomic mass is 10.2. The number of piperazine rings is 1. The fourth-order valence-electron chi connectivity index (χ4n) is 2.54. The molecule has 1 atom stereocenters. The Balaban J connectivity index is 1.75. The maximum absolute atomic E-state index is 13.2. The number of carbonyl (C=O) groups excluding carboxylic acids is 1. The number of hydrogen-bond donors (Lipinski definition) is 2. The summed E-state index contributed by atoms with van der Waals surface area (Å²) in [4.78, 5) is 14.0. The van der Waals surface area contributed by atoms with Crippen molar-refractivity contribution in [1.29, 1.82) is 0 Å². The van der Waals surface area contributed by atoms with E-state index in [0.29, 0.717) is 31.9 Å². The molecule has 1 amide bonds. The average molecular weight is 379 g/mol. The first kappa shape index (κ1) is 20.0. The normalized spacial score (nSPS) is 17.3. The number of thioether (sulfide) groups is 1. The minimum Gasteiger partial charge on any atom is -0.354 e. The SMILES string of the molecule is O=C(CCSc1ccc(F)cc1)NCC(N1CCNCC1)C(F)(F)F. The Bertz CT molecular complexity index is 547. The molecule has 2 rings (SSSR count). The highest BCUT2D eigenvalue weighted by molar-refractivity contribution is 7.99. The van der Waals surface area contributed by atoms with Crippen LogP contribution in [0, 0.1) is 5.82 Å². The number of amides is 1. The molecule has 1 aliphatic rings. The Morgan fingerprint density at radius 3 is 2.48 bits per heavy atom. The summed E-state index contributed by atoms with van der Waals surface area (Å²) >= 11 is 1.36. The quantitative estimate of drug-likeness (QED) is 0.564. The fourth-order valence-corrected chi connectivity index (χ4v) is 3.39. The predicted octanol–water partition coefficient (Wildman–Crippen LogP) is 2.26. The Morgan fingerprint density at radius 2 is 1.88 bits per heavy atom. The van der Waals surface area contributed by atoms with Crippen LogP contribution in [0.2, 0.25) is 0 Å². The van der Waals surface area contributed by atoms with Crippen LogP contribution in [0.4, 0.5) is 17.6 Å². The summed E-state index contributed by atoms with van der Waals surface area (Å²) in [5, 5.41) is 5.40. The monoisotopic (exact) mass is 379 g/mol. The highest BCUT2D eigenvalue weighted by Gasteiger charge is 2.43. The van der Waals surface area contributed by atoms with Crippen molar-refractivity contribution in [3.05, 3.63) is 30.1 Å². The summed E-state index contributed by atoms with van der Waals surface area (Å²) in [5.74, 6) is -0.339. The van der Waals surface area contributed by atoms with Gasteiger partial charge in [0.2, 0.25) is 5.91 Å². The zero-order valence-corrected chi connectivity index (χ0v) is 14.4. The van der Waals surface area contributed by atoms with Crippen LogP contribution >= 0.6 is 11.8 Å². The summed E-state index contributed by atoms with van der Waals surface area (Å²) in [6, 6.07) is 4.18. The first-order valence-electron chi connectivity index (χ1n) is 8.03. The first-order valence-corrected chi connectivity index (χ1v) is 9.01. The van der Waals surface area contributed by atoms with E-state index in [4.69, 9.17) is 0 Å². The van der Waals surface area contributed by atoms with Crippen molar-refractivity contribution >= 4 is 17.7 Å². The summed E-state index contributed by atoms with van der Waals surface area (Å²) in [6.07, 6.45) is -4.28. The molecule has 140 valence electrons. The molecule has 1 heterocycles. The molecule has 0 aromatic heterocycles. The average Bonchev–Trinajstić information content (AvgIpc) is 2.56. The van der Waals surface area contributed by atoms with Gasteiger partial charge in [-0.2, -0.15) is 13.2 Å². The zero-order chi connectivity index (χ0) is 18.3. The third-order valence-electron chi connectivity index (χ3n) is 3.87. The van der Waals surface area contributed by atoms with Crippen molar-refractivity contribution in [2.75, 3.05) is 38.5 Å². The standard InChI is InChI=1S/C16H21F4N3OS/c17-12-1-3-13(4-2-12)25-10-5-15(24)22-11-14(16(18,19)20)23-8-6-21-7-9-23/h1-4,14,21H,5-11H2,(H,22,24). The Morgan fingerprint density at radius 1 is 1.24 bits per heavy atom. The number of rotatable bonds is 7. The van der Waals surface area contributed by atoms with E-state index in [0.717, 1.165) is 4.90 Å². The van der Waals surface area contributed by atoms with Crippen LogP contribution in [-0.2, 0) is 4.79 Å². The predicted molar refractivity (Wildman–Crippen MR) is 89.0 cm³/mol. The van der Waals surface area contributed by atoms with Gasteiger partial charge in [0, 0.05) is 49.8 Å². The minimum atomic E-state index is -4.38. The van der Waals surface area contributed by atoms with E-state index in [1.165, 1.54) is 28.8 Å². The molecular formula is C16H21F4N3OS. The van der Waals surface area contributed by atoms with Crippen LogP contribution in [0.5, 0.6) is 0 Å². The van der Waals surface area contributed by atoms with Gasteiger partial charge in [0.1, 0.15) is 11.9 Å². The van der Waals surface area contributed by atoms with Gasteiger partial charge in [-0.05, 0) is 24.3 Å². The number of nitrogens with zero attached hydrogens (tertiary/aromatic N) is 1. The van der Waals surface area contributed by atoms with Gasteiger partial charge in [-0.1, -0.05) is 0 Å². The van der Waals surface area contributed by atoms with E-state index in [2.05, 4.69) is 10.6 Å². The summed E-state index contributed by atoms with van der Waals surface area (Å²) in [6.45, 7) is 1.19.